The lowest BCUT2D eigenvalue weighted by molar-refractivity contribution is 0.0697. The summed E-state index contributed by atoms with van der Waals surface area (Å²) in [4.78, 5) is 17.6. The van der Waals surface area contributed by atoms with Crippen molar-refractivity contribution in [3.05, 3.63) is 36.0 Å². The number of benzene rings is 1. The molecule has 2 aromatic rings. The maximum atomic E-state index is 11.3. The number of carboxylic acids is 1. The van der Waals surface area contributed by atoms with Crippen LogP contribution in [0.25, 0.3) is 10.9 Å². The number of rotatable bonds is 6. The molecule has 0 radical (unpaired) electrons. The molecule has 106 valence electrons. The molecule has 0 saturated heterocycles. The van der Waals surface area contributed by atoms with Gasteiger partial charge < -0.3 is 15.3 Å². The van der Waals surface area contributed by atoms with Crippen LogP contribution in [0.3, 0.4) is 0 Å². The normalized spacial score (nSPS) is 10.9. The predicted molar refractivity (Wildman–Crippen MR) is 80.4 cm³/mol. The van der Waals surface area contributed by atoms with Crippen LogP contribution in [0.15, 0.2) is 30.5 Å². The van der Waals surface area contributed by atoms with Gasteiger partial charge >= 0.3 is 5.97 Å². The van der Waals surface area contributed by atoms with Crippen LogP contribution in [0.1, 0.15) is 16.8 Å². The summed E-state index contributed by atoms with van der Waals surface area (Å²) in [6.07, 6.45) is 2.36. The number of pyridine rings is 1. The lowest BCUT2D eigenvalue weighted by atomic mass is 10.1. The molecule has 0 amide bonds. The highest BCUT2D eigenvalue weighted by Crippen LogP contribution is 2.25. The number of hydrogen-bond donors (Lipinski definition) is 2. The average molecular weight is 273 g/mol. The molecule has 0 aliphatic rings. The molecular formula is C15H19N3O2. The van der Waals surface area contributed by atoms with Crippen molar-refractivity contribution in [2.75, 3.05) is 32.5 Å². The van der Waals surface area contributed by atoms with Crippen LogP contribution >= 0.6 is 0 Å². The van der Waals surface area contributed by atoms with E-state index in [4.69, 9.17) is 0 Å². The van der Waals surface area contributed by atoms with E-state index in [1.165, 1.54) is 6.20 Å². The van der Waals surface area contributed by atoms with Crippen LogP contribution in [0, 0.1) is 0 Å². The summed E-state index contributed by atoms with van der Waals surface area (Å²) >= 11 is 0. The summed E-state index contributed by atoms with van der Waals surface area (Å²) in [7, 11) is 4.04. The molecular weight excluding hydrogens is 254 g/mol. The quantitative estimate of drug-likeness (QED) is 0.791. The second-order valence-corrected chi connectivity index (χ2v) is 4.95. The molecule has 0 aliphatic carbocycles. The summed E-state index contributed by atoms with van der Waals surface area (Å²) < 4.78 is 0. The molecule has 1 aromatic carbocycles. The number of hydrogen-bond acceptors (Lipinski definition) is 4. The van der Waals surface area contributed by atoms with E-state index < -0.39 is 5.97 Å². The molecule has 2 rings (SSSR count). The molecule has 0 spiro atoms. The van der Waals surface area contributed by atoms with Crippen LogP contribution in [-0.4, -0.2) is 48.1 Å². The van der Waals surface area contributed by atoms with Gasteiger partial charge in [-0.05, 0) is 33.1 Å². The Labute approximate surface area is 118 Å². The van der Waals surface area contributed by atoms with Crippen molar-refractivity contribution < 1.29 is 9.90 Å². The average Bonchev–Trinajstić information content (AvgIpc) is 2.42. The largest absolute Gasteiger partial charge is 0.478 e. The molecule has 1 heterocycles. The van der Waals surface area contributed by atoms with Crippen molar-refractivity contribution in [3.8, 4) is 0 Å². The van der Waals surface area contributed by atoms with Crippen LogP contribution < -0.4 is 5.32 Å². The summed E-state index contributed by atoms with van der Waals surface area (Å²) in [5.41, 5.74) is 1.67. The first kappa shape index (κ1) is 14.3. The van der Waals surface area contributed by atoms with E-state index >= 15 is 0 Å². The second kappa shape index (κ2) is 6.34. The SMILES string of the molecule is CN(C)CCCNc1c(C(=O)O)cnc2ccccc12. The molecule has 5 heteroatoms. The van der Waals surface area contributed by atoms with Crippen LogP contribution in [0.2, 0.25) is 0 Å². The van der Waals surface area contributed by atoms with Crippen molar-refractivity contribution in [2.45, 2.75) is 6.42 Å². The summed E-state index contributed by atoms with van der Waals surface area (Å²) in [6.45, 7) is 1.69. The van der Waals surface area contributed by atoms with Crippen molar-refractivity contribution in [1.29, 1.82) is 0 Å². The topological polar surface area (TPSA) is 65.5 Å². The zero-order chi connectivity index (χ0) is 14.5. The van der Waals surface area contributed by atoms with Gasteiger partial charge in [-0.25, -0.2) is 4.79 Å². The number of nitrogens with zero attached hydrogens (tertiary/aromatic N) is 2. The number of fused-ring (bicyclic) bond motifs is 1. The van der Waals surface area contributed by atoms with E-state index in [-0.39, 0.29) is 5.56 Å². The van der Waals surface area contributed by atoms with E-state index in [9.17, 15) is 9.90 Å². The number of aromatic carboxylic acids is 1. The molecule has 0 bridgehead atoms. The molecule has 0 unspecified atom stereocenters. The van der Waals surface area contributed by atoms with Gasteiger partial charge in [-0.3, -0.25) is 4.98 Å². The van der Waals surface area contributed by atoms with Gasteiger partial charge in [0.1, 0.15) is 5.56 Å². The van der Waals surface area contributed by atoms with Crippen molar-refractivity contribution in [2.24, 2.45) is 0 Å². The molecule has 1 aromatic heterocycles. The van der Waals surface area contributed by atoms with Crippen LogP contribution in [0.5, 0.6) is 0 Å². The molecule has 0 fully saturated rings. The van der Waals surface area contributed by atoms with E-state index in [0.29, 0.717) is 5.69 Å². The van der Waals surface area contributed by atoms with Gasteiger partial charge in [0, 0.05) is 18.1 Å². The van der Waals surface area contributed by atoms with Gasteiger partial charge in [0.2, 0.25) is 0 Å². The Morgan fingerprint density at radius 1 is 1.35 bits per heavy atom. The van der Waals surface area contributed by atoms with Gasteiger partial charge in [0.15, 0.2) is 0 Å². The third-order valence-electron chi connectivity index (χ3n) is 3.09. The van der Waals surface area contributed by atoms with E-state index in [1.807, 2.05) is 38.4 Å². The molecule has 20 heavy (non-hydrogen) atoms. The fourth-order valence-electron chi connectivity index (χ4n) is 2.10. The number of anilines is 1. The highest BCUT2D eigenvalue weighted by molar-refractivity contribution is 6.04. The fourth-order valence-corrected chi connectivity index (χ4v) is 2.10. The highest BCUT2D eigenvalue weighted by Gasteiger charge is 2.13. The van der Waals surface area contributed by atoms with Crippen LogP contribution in [0.4, 0.5) is 5.69 Å². The molecule has 0 atom stereocenters. The Morgan fingerprint density at radius 3 is 2.80 bits per heavy atom. The lowest BCUT2D eigenvalue weighted by Crippen LogP contribution is -2.17. The summed E-state index contributed by atoms with van der Waals surface area (Å²) in [5, 5.41) is 13.4. The number of carboxylic acid groups (broad SMARTS) is 1. The first-order valence-corrected chi connectivity index (χ1v) is 6.59. The third-order valence-corrected chi connectivity index (χ3v) is 3.09. The highest BCUT2D eigenvalue weighted by atomic mass is 16.4. The van der Waals surface area contributed by atoms with Crippen molar-refractivity contribution in [3.63, 3.8) is 0 Å². The third kappa shape index (κ3) is 3.24. The van der Waals surface area contributed by atoms with Gasteiger partial charge in [0.05, 0.1) is 11.2 Å². The Morgan fingerprint density at radius 2 is 2.10 bits per heavy atom. The molecule has 5 nitrogen and oxygen atoms in total. The van der Waals surface area contributed by atoms with Gasteiger partial charge in [-0.1, -0.05) is 18.2 Å². The van der Waals surface area contributed by atoms with Gasteiger partial charge in [-0.15, -0.1) is 0 Å². The predicted octanol–water partition coefficient (Wildman–Crippen LogP) is 2.30. The maximum Gasteiger partial charge on any atom is 0.339 e. The molecule has 0 saturated carbocycles. The monoisotopic (exact) mass is 273 g/mol. The maximum absolute atomic E-state index is 11.3. The number of para-hydroxylation sites is 1. The lowest BCUT2D eigenvalue weighted by Gasteiger charge is -2.14. The second-order valence-electron chi connectivity index (χ2n) is 4.95. The fraction of sp³-hybridized carbons (Fsp3) is 0.333. The zero-order valence-corrected chi connectivity index (χ0v) is 11.8. The minimum atomic E-state index is -0.960. The Kier molecular flexibility index (Phi) is 4.53. The Bertz CT molecular complexity index is 611. The van der Waals surface area contributed by atoms with E-state index in [1.54, 1.807) is 0 Å². The van der Waals surface area contributed by atoms with E-state index in [0.717, 1.165) is 30.4 Å². The van der Waals surface area contributed by atoms with Gasteiger partial charge in [-0.2, -0.15) is 0 Å². The first-order valence-electron chi connectivity index (χ1n) is 6.59. The van der Waals surface area contributed by atoms with Crippen LogP contribution in [-0.2, 0) is 0 Å². The zero-order valence-electron chi connectivity index (χ0n) is 11.8. The minimum Gasteiger partial charge on any atom is -0.478 e. The first-order chi connectivity index (χ1) is 9.59. The van der Waals surface area contributed by atoms with Gasteiger partial charge in [0.25, 0.3) is 0 Å². The minimum absolute atomic E-state index is 0.216. The summed E-state index contributed by atoms with van der Waals surface area (Å²) in [6, 6.07) is 7.56. The Balaban J connectivity index is 2.28. The standard InChI is InChI=1S/C15H19N3O2/c1-18(2)9-5-8-16-14-11-6-3-4-7-13(11)17-10-12(14)15(19)20/h3-4,6-7,10H,5,8-9H2,1-2H3,(H,16,17)(H,19,20). The number of aromatic nitrogens is 1. The van der Waals surface area contributed by atoms with Crippen molar-refractivity contribution >= 4 is 22.6 Å². The smallest absolute Gasteiger partial charge is 0.339 e. The number of nitrogens with one attached hydrogen (secondary N) is 1. The van der Waals surface area contributed by atoms with E-state index in [2.05, 4.69) is 15.2 Å². The van der Waals surface area contributed by atoms with Crippen molar-refractivity contribution in [1.82, 2.24) is 9.88 Å². The summed E-state index contributed by atoms with van der Waals surface area (Å²) in [5.74, 6) is -0.960. The number of carbonyl (C=O) groups is 1. The molecule has 0 aliphatic heterocycles. The molecule has 2 N–H and O–H groups in total. The Hall–Kier alpha value is -2.14.